The fourth-order valence-electron chi connectivity index (χ4n) is 6.26. The highest BCUT2D eigenvalue weighted by atomic mass is 32.1. The van der Waals surface area contributed by atoms with Crippen LogP contribution in [0.1, 0.15) is 70.5 Å². The quantitative estimate of drug-likeness (QED) is 0.222. The Hall–Kier alpha value is -3.91. The molecule has 3 aromatic rings. The number of aliphatic hydroxyl groups excluding tert-OH is 1. The minimum atomic E-state index is -1.03. The first-order valence-electron chi connectivity index (χ1n) is 17.7. The molecule has 0 saturated carbocycles. The van der Waals surface area contributed by atoms with Crippen LogP contribution in [0.5, 0.6) is 5.88 Å². The largest absolute Gasteiger partial charge is 0.417 e. The number of aliphatic hydroxyl groups is 1. The van der Waals surface area contributed by atoms with Crippen LogP contribution in [0, 0.1) is 5.92 Å². The third kappa shape index (κ3) is 11.8. The van der Waals surface area contributed by atoms with Gasteiger partial charge in [-0.2, -0.15) is 0 Å². The molecule has 2 aromatic heterocycles. The number of nitrogens with one attached hydrogen (secondary N) is 2. The molecule has 3 amide bonds. The number of aromatic nitrogens is 2. The van der Waals surface area contributed by atoms with E-state index in [9.17, 15) is 19.5 Å². The number of hydrogen-bond acceptors (Lipinski definition) is 10. The van der Waals surface area contributed by atoms with Crippen molar-refractivity contribution in [3.8, 4) is 5.88 Å². The van der Waals surface area contributed by atoms with Crippen LogP contribution in [0.2, 0.25) is 0 Å². The topological polar surface area (TPSA) is 140 Å². The zero-order valence-electron chi connectivity index (χ0n) is 31.2. The van der Waals surface area contributed by atoms with Crippen LogP contribution in [0.15, 0.2) is 60.2 Å². The van der Waals surface area contributed by atoms with Crippen molar-refractivity contribution in [1.82, 2.24) is 35.3 Å². The number of benzene rings is 1. The van der Waals surface area contributed by atoms with Gasteiger partial charge in [0.1, 0.15) is 12.1 Å². The number of ether oxygens (including phenoxy) is 1. The molecule has 13 heteroatoms. The summed E-state index contributed by atoms with van der Waals surface area (Å²) in [5.74, 6) is -0.390. The van der Waals surface area contributed by atoms with Crippen LogP contribution >= 0.6 is 11.3 Å². The average Bonchev–Trinajstić information content (AvgIpc) is 3.54. The molecule has 0 unspecified atom stereocenters. The van der Waals surface area contributed by atoms with E-state index < -0.39 is 41.8 Å². The lowest BCUT2D eigenvalue weighted by atomic mass is 9.97. The number of likely N-dealkylation sites (N-methyl/N-ethyl adjacent to an activating group) is 1. The lowest BCUT2D eigenvalue weighted by Gasteiger charge is -2.43. The molecule has 1 saturated heterocycles. The molecule has 0 aliphatic carbocycles. The number of carbonyl (C=O) groups is 3. The Labute approximate surface area is 306 Å². The van der Waals surface area contributed by atoms with Gasteiger partial charge in [0.25, 0.3) is 0 Å². The van der Waals surface area contributed by atoms with E-state index in [4.69, 9.17) is 4.74 Å². The normalized spacial score (nSPS) is 17.5. The van der Waals surface area contributed by atoms with Crippen molar-refractivity contribution in [2.45, 2.75) is 97.1 Å². The van der Waals surface area contributed by atoms with Crippen LogP contribution < -0.4 is 15.4 Å². The molecule has 0 radical (unpaired) electrons. The second kappa shape index (κ2) is 18.0. The standard InChI is InChI=1S/C38H55N7O5S/c1-25(2)33(43(8)37(49)50-32-24-51-36(41-32)26(3)4)35(48)40-29(20-27-12-10-9-11-13-27)31(46)23-45-19-18-44(21-28-14-16-39-17-15-28)22-30(45)34(47)42-38(5,6)7/h9-17,24-26,29-31,33,46H,18-23H2,1-8H3,(H,40,48)(H,42,47)/t29-,30-,31+,33-/m0/s1. The lowest BCUT2D eigenvalue weighted by Crippen LogP contribution is -2.63. The van der Waals surface area contributed by atoms with E-state index >= 15 is 0 Å². The molecular formula is C38H55N7O5S. The SMILES string of the molecule is CC(C)c1nc(OC(=O)N(C)[C@H](C(=O)N[C@@H](Cc2ccccc2)[C@H](O)CN2CCN(Cc3ccncc3)C[C@H]2C(=O)NC(C)(C)C)C(C)C)cs1. The van der Waals surface area contributed by atoms with E-state index in [0.29, 0.717) is 32.6 Å². The molecular weight excluding hydrogens is 667 g/mol. The summed E-state index contributed by atoms with van der Waals surface area (Å²) >= 11 is 1.42. The first kappa shape index (κ1) is 39.9. The second-order valence-electron chi connectivity index (χ2n) is 15.1. The Bertz CT molecular complexity index is 1560. The van der Waals surface area contributed by atoms with E-state index in [1.165, 1.54) is 23.3 Å². The zero-order chi connectivity index (χ0) is 37.3. The highest BCUT2D eigenvalue weighted by Gasteiger charge is 2.38. The number of nitrogens with zero attached hydrogens (tertiary/aromatic N) is 5. The van der Waals surface area contributed by atoms with Gasteiger partial charge in [0.05, 0.1) is 22.5 Å². The molecule has 0 bridgehead atoms. The molecule has 4 rings (SSSR count). The van der Waals surface area contributed by atoms with Crippen LogP contribution in [-0.4, -0.2) is 111 Å². The molecule has 0 spiro atoms. The van der Waals surface area contributed by atoms with E-state index in [0.717, 1.165) is 16.1 Å². The number of thiazole rings is 1. The monoisotopic (exact) mass is 721 g/mol. The number of pyridine rings is 1. The van der Waals surface area contributed by atoms with E-state index in [1.54, 1.807) is 17.8 Å². The van der Waals surface area contributed by atoms with Gasteiger partial charge in [-0.1, -0.05) is 58.0 Å². The molecule has 4 atom stereocenters. The van der Waals surface area contributed by atoms with Crippen molar-refractivity contribution < 1.29 is 24.2 Å². The maximum atomic E-state index is 14.0. The van der Waals surface area contributed by atoms with Crippen molar-refractivity contribution in [3.05, 3.63) is 76.4 Å². The van der Waals surface area contributed by atoms with Crippen LogP contribution in [0.3, 0.4) is 0 Å². The lowest BCUT2D eigenvalue weighted by molar-refractivity contribution is -0.132. The second-order valence-corrected chi connectivity index (χ2v) is 15.9. The van der Waals surface area contributed by atoms with Crippen molar-refractivity contribution in [3.63, 3.8) is 0 Å². The predicted molar refractivity (Wildman–Crippen MR) is 199 cm³/mol. The fraction of sp³-hybridized carbons (Fsp3) is 0.553. The third-order valence-electron chi connectivity index (χ3n) is 8.84. The maximum Gasteiger partial charge on any atom is 0.417 e. The number of amides is 3. The maximum absolute atomic E-state index is 14.0. The summed E-state index contributed by atoms with van der Waals surface area (Å²) in [6.07, 6.45) is 2.16. The molecule has 1 fully saturated rings. The Morgan fingerprint density at radius 1 is 1.04 bits per heavy atom. The first-order valence-corrected chi connectivity index (χ1v) is 18.6. The summed E-state index contributed by atoms with van der Waals surface area (Å²) in [5.41, 5.74) is 1.61. The summed E-state index contributed by atoms with van der Waals surface area (Å²) in [5, 5.41) is 20.6. The van der Waals surface area contributed by atoms with Crippen LogP contribution in [0.4, 0.5) is 4.79 Å². The Morgan fingerprint density at radius 2 is 1.73 bits per heavy atom. The molecule has 3 heterocycles. The Balaban J connectivity index is 1.52. The van der Waals surface area contributed by atoms with Gasteiger partial charge < -0.3 is 20.5 Å². The summed E-state index contributed by atoms with van der Waals surface area (Å²) < 4.78 is 5.56. The summed E-state index contributed by atoms with van der Waals surface area (Å²) in [4.78, 5) is 55.1. The van der Waals surface area contributed by atoms with Gasteiger partial charge in [-0.05, 0) is 56.4 Å². The van der Waals surface area contributed by atoms with E-state index in [-0.39, 0.29) is 30.2 Å². The van der Waals surface area contributed by atoms with Crippen molar-refractivity contribution in [1.29, 1.82) is 0 Å². The summed E-state index contributed by atoms with van der Waals surface area (Å²) in [7, 11) is 1.54. The molecule has 51 heavy (non-hydrogen) atoms. The van der Waals surface area contributed by atoms with Crippen LogP contribution in [-0.2, 0) is 22.6 Å². The molecule has 3 N–H and O–H groups in total. The number of hydrogen-bond donors (Lipinski definition) is 3. The Kier molecular flexibility index (Phi) is 14.1. The molecule has 12 nitrogen and oxygen atoms in total. The van der Waals surface area contributed by atoms with Gasteiger partial charge in [-0.25, -0.2) is 9.78 Å². The highest BCUT2D eigenvalue weighted by Crippen LogP contribution is 2.24. The summed E-state index contributed by atoms with van der Waals surface area (Å²) in [6.45, 7) is 16.2. The average molecular weight is 722 g/mol. The van der Waals surface area contributed by atoms with Gasteiger partial charge in [0.2, 0.25) is 17.7 Å². The fourth-order valence-corrected chi connectivity index (χ4v) is 7.00. The first-order chi connectivity index (χ1) is 24.1. The van der Waals surface area contributed by atoms with Gasteiger partial charge in [0.15, 0.2) is 0 Å². The van der Waals surface area contributed by atoms with Crippen LogP contribution in [0.25, 0.3) is 0 Å². The van der Waals surface area contributed by atoms with Gasteiger partial charge in [-0.3, -0.25) is 29.3 Å². The van der Waals surface area contributed by atoms with E-state index in [2.05, 4.69) is 25.5 Å². The van der Waals surface area contributed by atoms with Crippen molar-refractivity contribution in [2.75, 3.05) is 33.2 Å². The summed E-state index contributed by atoms with van der Waals surface area (Å²) in [6, 6.07) is 11.5. The number of rotatable bonds is 14. The minimum absolute atomic E-state index is 0.113. The zero-order valence-corrected chi connectivity index (χ0v) is 32.0. The van der Waals surface area contributed by atoms with Gasteiger partial charge in [-0.15, -0.1) is 11.3 Å². The van der Waals surface area contributed by atoms with Crippen molar-refractivity contribution in [2.24, 2.45) is 5.92 Å². The number of piperazine rings is 1. The highest BCUT2D eigenvalue weighted by molar-refractivity contribution is 7.09. The van der Waals surface area contributed by atoms with Crippen molar-refractivity contribution >= 4 is 29.2 Å². The Morgan fingerprint density at radius 3 is 2.33 bits per heavy atom. The molecule has 278 valence electrons. The van der Waals surface area contributed by atoms with E-state index in [1.807, 2.05) is 95.8 Å². The predicted octanol–water partition coefficient (Wildman–Crippen LogP) is 4.31. The number of carbonyl (C=O) groups excluding carboxylic acids is 3. The van der Waals surface area contributed by atoms with Gasteiger partial charge in [0, 0.05) is 63.6 Å². The number of β-amino-alcohol motifs (C(OH)–C–C–N with tert-alkyl or cyclic N) is 1. The van der Waals surface area contributed by atoms with Gasteiger partial charge >= 0.3 is 6.09 Å². The molecule has 1 aliphatic heterocycles. The smallest absolute Gasteiger partial charge is 0.390 e. The third-order valence-corrected chi connectivity index (χ3v) is 9.96. The molecule has 1 aromatic carbocycles. The minimum Gasteiger partial charge on any atom is -0.390 e. The molecule has 1 aliphatic rings.